The van der Waals surface area contributed by atoms with E-state index in [0.29, 0.717) is 23.1 Å². The molecular weight excluding hydrogens is 452 g/mol. The monoisotopic (exact) mass is 498 g/mol. The van der Waals surface area contributed by atoms with E-state index in [0.717, 1.165) is 46.2 Å². The lowest BCUT2D eigenvalue weighted by molar-refractivity contribution is -0.129. The number of hydrogen-bond donors (Lipinski definition) is 2. The van der Waals surface area contributed by atoms with Gasteiger partial charge in [0, 0.05) is 11.0 Å². The molecule has 0 aliphatic carbocycles. The van der Waals surface area contributed by atoms with Crippen LogP contribution in [0.3, 0.4) is 0 Å². The molecule has 0 amide bonds. The van der Waals surface area contributed by atoms with Crippen molar-refractivity contribution in [1.82, 2.24) is 0 Å². The van der Waals surface area contributed by atoms with E-state index in [-0.39, 0.29) is 18.6 Å². The molecule has 0 bridgehead atoms. The highest BCUT2D eigenvalue weighted by atomic mass is 16.5. The third-order valence-corrected chi connectivity index (χ3v) is 6.24. The minimum Gasteiger partial charge on any atom is -0.420 e. The van der Waals surface area contributed by atoms with Crippen LogP contribution in [0.1, 0.15) is 84.3 Å². The molecule has 0 aliphatic heterocycles. The fourth-order valence-electron chi connectivity index (χ4n) is 5.23. The highest BCUT2D eigenvalue weighted by molar-refractivity contribution is 6.41. The summed E-state index contributed by atoms with van der Waals surface area (Å²) in [5, 5.41) is 18.6. The molecule has 0 unspecified atom stereocenters. The molecule has 0 saturated carbocycles. The van der Waals surface area contributed by atoms with Crippen LogP contribution >= 0.6 is 0 Å². The Morgan fingerprint density at radius 1 is 0.722 bits per heavy atom. The number of carbonyl (C=O) groups is 2. The zero-order chi connectivity index (χ0) is 27.8. The van der Waals surface area contributed by atoms with Gasteiger partial charge in [0.05, 0.1) is 13.2 Å². The predicted molar refractivity (Wildman–Crippen MR) is 147 cm³/mol. The number of Topliss-reactive ketones (excluding diaryl/α,β-unsaturated/α-hetero) is 1. The molecular formula is C31H46O5. The van der Waals surface area contributed by atoms with Gasteiger partial charge in [-0.3, -0.25) is 4.79 Å². The van der Waals surface area contributed by atoms with Gasteiger partial charge in [-0.15, -0.1) is 0 Å². The Morgan fingerprint density at radius 2 is 1.08 bits per heavy atom. The second-order valence-electron chi connectivity index (χ2n) is 11.2. The van der Waals surface area contributed by atoms with Gasteiger partial charge in [-0.2, -0.15) is 0 Å². The Hall–Kier alpha value is -2.50. The van der Waals surface area contributed by atoms with Crippen LogP contribution in [0.5, 0.6) is 5.75 Å². The Kier molecular flexibility index (Phi) is 12.0. The molecule has 0 fully saturated rings. The Bertz CT molecular complexity index is 987. The molecule has 200 valence electrons. The summed E-state index contributed by atoms with van der Waals surface area (Å²) in [6.45, 7) is 20.1. The first-order valence-corrected chi connectivity index (χ1v) is 12.8. The van der Waals surface area contributed by atoms with E-state index in [9.17, 15) is 19.8 Å². The van der Waals surface area contributed by atoms with Crippen LogP contribution in [-0.4, -0.2) is 35.2 Å². The lowest BCUT2D eigenvalue weighted by atomic mass is 9.75. The lowest BCUT2D eigenvalue weighted by Gasteiger charge is -2.33. The van der Waals surface area contributed by atoms with E-state index in [2.05, 4.69) is 27.7 Å². The molecule has 0 heterocycles. The van der Waals surface area contributed by atoms with Crippen LogP contribution in [-0.2, 0) is 4.79 Å². The topological polar surface area (TPSA) is 83.8 Å². The summed E-state index contributed by atoms with van der Waals surface area (Å²) in [4.78, 5) is 24.8. The van der Waals surface area contributed by atoms with Crippen molar-refractivity contribution in [2.45, 2.75) is 82.1 Å². The molecule has 0 atom stereocenters. The maximum atomic E-state index is 12.5. The standard InChI is InChI=1S/C20H22O3.C11H24O2/c1-11-7-13(3)17(14(4)8-11)18(21)20(22)23-19-15(5)9-12(2)10-16(19)6;1-9(2)5-11(7-12,8-13)6-10(3)4/h7-10H,1-6H3;9-10,12-13H,5-8H2,1-4H3. The fourth-order valence-corrected chi connectivity index (χ4v) is 5.23. The summed E-state index contributed by atoms with van der Waals surface area (Å²) >= 11 is 0. The number of aliphatic hydroxyl groups is 2. The molecule has 5 nitrogen and oxygen atoms in total. The maximum Gasteiger partial charge on any atom is 0.385 e. The number of ether oxygens (including phenoxy) is 1. The van der Waals surface area contributed by atoms with Crippen LogP contribution in [0.2, 0.25) is 0 Å². The van der Waals surface area contributed by atoms with E-state index in [1.165, 1.54) is 0 Å². The first kappa shape index (κ1) is 31.5. The van der Waals surface area contributed by atoms with Crippen molar-refractivity contribution in [3.63, 3.8) is 0 Å². The van der Waals surface area contributed by atoms with Crippen molar-refractivity contribution < 1.29 is 24.5 Å². The molecule has 2 rings (SSSR count). The molecule has 2 aromatic rings. The summed E-state index contributed by atoms with van der Waals surface area (Å²) in [5.41, 5.74) is 5.61. The van der Waals surface area contributed by atoms with Crippen LogP contribution in [0.4, 0.5) is 0 Å². The zero-order valence-corrected chi connectivity index (χ0v) is 23.9. The number of ketones is 1. The van der Waals surface area contributed by atoms with Gasteiger partial charge >= 0.3 is 5.97 Å². The first-order chi connectivity index (χ1) is 16.7. The van der Waals surface area contributed by atoms with Crippen molar-refractivity contribution in [2.24, 2.45) is 17.3 Å². The SMILES string of the molecule is CC(C)CC(CO)(CO)CC(C)C.Cc1cc(C)c(OC(=O)C(=O)c2c(C)cc(C)cc2C)c(C)c1. The van der Waals surface area contributed by atoms with Gasteiger partial charge in [-0.05, 0) is 88.5 Å². The average molecular weight is 499 g/mol. The highest BCUT2D eigenvalue weighted by Gasteiger charge is 2.30. The molecule has 0 aliphatic rings. The van der Waals surface area contributed by atoms with Crippen LogP contribution in [0, 0.1) is 58.8 Å². The summed E-state index contributed by atoms with van der Waals surface area (Å²) in [7, 11) is 0. The summed E-state index contributed by atoms with van der Waals surface area (Å²) in [5.74, 6) is 0.0851. The van der Waals surface area contributed by atoms with Crippen LogP contribution < -0.4 is 4.74 Å². The molecule has 0 spiro atoms. The van der Waals surface area contributed by atoms with E-state index >= 15 is 0 Å². The molecule has 0 saturated heterocycles. The summed E-state index contributed by atoms with van der Waals surface area (Å²) in [6, 6.07) is 7.66. The van der Waals surface area contributed by atoms with Gasteiger partial charge in [-0.25, -0.2) is 4.79 Å². The molecule has 0 aromatic heterocycles. The van der Waals surface area contributed by atoms with E-state index in [4.69, 9.17) is 4.74 Å². The molecule has 2 N–H and O–H groups in total. The van der Waals surface area contributed by atoms with Gasteiger partial charge in [-0.1, -0.05) is 63.1 Å². The van der Waals surface area contributed by atoms with Gasteiger partial charge in [0.1, 0.15) is 5.75 Å². The number of aryl methyl sites for hydroxylation is 6. The third kappa shape index (κ3) is 8.86. The van der Waals surface area contributed by atoms with Crippen LogP contribution in [0.25, 0.3) is 0 Å². The molecule has 5 heteroatoms. The van der Waals surface area contributed by atoms with Gasteiger partial charge in [0.25, 0.3) is 5.78 Å². The minimum absolute atomic E-state index is 0.0971. The second kappa shape index (κ2) is 13.7. The quantitative estimate of drug-likeness (QED) is 0.181. The average Bonchev–Trinajstić information content (AvgIpc) is 2.74. The van der Waals surface area contributed by atoms with Gasteiger partial charge in [0.15, 0.2) is 0 Å². The largest absolute Gasteiger partial charge is 0.420 e. The van der Waals surface area contributed by atoms with Crippen molar-refractivity contribution in [2.75, 3.05) is 13.2 Å². The normalized spacial score (nSPS) is 11.4. The smallest absolute Gasteiger partial charge is 0.385 e. The Labute approximate surface area is 217 Å². The van der Waals surface area contributed by atoms with Gasteiger partial charge in [0.2, 0.25) is 0 Å². The van der Waals surface area contributed by atoms with E-state index in [1.54, 1.807) is 0 Å². The fraction of sp³-hybridized carbons (Fsp3) is 0.548. The number of rotatable bonds is 9. The van der Waals surface area contributed by atoms with Crippen molar-refractivity contribution in [3.8, 4) is 5.75 Å². The van der Waals surface area contributed by atoms with Crippen molar-refractivity contribution in [1.29, 1.82) is 0 Å². The second-order valence-corrected chi connectivity index (χ2v) is 11.2. The Morgan fingerprint density at radius 3 is 1.42 bits per heavy atom. The van der Waals surface area contributed by atoms with Gasteiger partial charge < -0.3 is 14.9 Å². The predicted octanol–water partition coefficient (Wildman–Crippen LogP) is 6.38. The van der Waals surface area contributed by atoms with Crippen LogP contribution in [0.15, 0.2) is 24.3 Å². The maximum absolute atomic E-state index is 12.5. The number of benzene rings is 2. The Balaban J connectivity index is 0.000000426. The zero-order valence-electron chi connectivity index (χ0n) is 23.9. The highest BCUT2D eigenvalue weighted by Crippen LogP contribution is 2.32. The van der Waals surface area contributed by atoms with Crippen molar-refractivity contribution >= 4 is 11.8 Å². The van der Waals surface area contributed by atoms with Crippen molar-refractivity contribution in [3.05, 3.63) is 63.2 Å². The number of hydrogen-bond acceptors (Lipinski definition) is 5. The summed E-state index contributed by atoms with van der Waals surface area (Å²) in [6.07, 6.45) is 1.80. The number of carbonyl (C=O) groups excluding carboxylic acids is 2. The first-order valence-electron chi connectivity index (χ1n) is 12.8. The minimum atomic E-state index is -0.838. The summed E-state index contributed by atoms with van der Waals surface area (Å²) < 4.78 is 5.40. The van der Waals surface area contributed by atoms with E-state index < -0.39 is 11.8 Å². The number of esters is 1. The third-order valence-electron chi connectivity index (χ3n) is 6.24. The lowest BCUT2D eigenvalue weighted by Crippen LogP contribution is -2.33. The molecule has 2 aromatic carbocycles. The molecule has 0 radical (unpaired) electrons. The molecule has 36 heavy (non-hydrogen) atoms. The number of aliphatic hydroxyl groups excluding tert-OH is 2. The van der Waals surface area contributed by atoms with E-state index in [1.807, 2.05) is 65.8 Å².